The number of benzene rings is 1. The van der Waals surface area contributed by atoms with Gasteiger partial charge in [-0.3, -0.25) is 0 Å². The van der Waals surface area contributed by atoms with Crippen LogP contribution in [0.4, 0.5) is 11.4 Å². The van der Waals surface area contributed by atoms with E-state index in [-0.39, 0.29) is 6.04 Å². The van der Waals surface area contributed by atoms with E-state index in [2.05, 4.69) is 42.3 Å². The zero-order valence-electron chi connectivity index (χ0n) is 10.8. The van der Waals surface area contributed by atoms with Crippen LogP contribution in [0.25, 0.3) is 10.2 Å². The molecule has 0 bridgehead atoms. The van der Waals surface area contributed by atoms with Gasteiger partial charge in [-0.15, -0.1) is 22.7 Å². The maximum atomic E-state index is 6.18. The first-order valence-corrected chi connectivity index (χ1v) is 7.79. The molecule has 5 heteroatoms. The van der Waals surface area contributed by atoms with E-state index < -0.39 is 0 Å². The second-order valence-corrected chi connectivity index (χ2v) is 6.75. The Balaban J connectivity index is 1.90. The third-order valence-electron chi connectivity index (χ3n) is 3.10. The van der Waals surface area contributed by atoms with E-state index >= 15 is 0 Å². The van der Waals surface area contributed by atoms with Crippen LogP contribution in [0.2, 0.25) is 0 Å². The summed E-state index contributed by atoms with van der Waals surface area (Å²) in [7, 11) is 0. The van der Waals surface area contributed by atoms with Crippen LogP contribution in [-0.2, 0) is 0 Å². The summed E-state index contributed by atoms with van der Waals surface area (Å²) in [6, 6.07) is 8.66. The van der Waals surface area contributed by atoms with E-state index in [0.717, 1.165) is 21.6 Å². The Hall–Kier alpha value is -1.59. The molecule has 3 nitrogen and oxygen atoms in total. The highest BCUT2D eigenvalue weighted by molar-refractivity contribution is 7.16. The zero-order chi connectivity index (χ0) is 13.4. The Bertz CT molecular complexity index is 714. The number of aromatic nitrogens is 1. The van der Waals surface area contributed by atoms with Gasteiger partial charge in [-0.2, -0.15) is 0 Å². The fourth-order valence-corrected chi connectivity index (χ4v) is 3.64. The first kappa shape index (κ1) is 12.4. The summed E-state index contributed by atoms with van der Waals surface area (Å²) in [5.74, 6) is 0. The van der Waals surface area contributed by atoms with E-state index in [0.29, 0.717) is 0 Å². The van der Waals surface area contributed by atoms with Crippen molar-refractivity contribution in [1.29, 1.82) is 0 Å². The predicted molar refractivity (Wildman–Crippen MR) is 85.1 cm³/mol. The third-order valence-corrected chi connectivity index (χ3v) is 5.08. The van der Waals surface area contributed by atoms with Crippen LogP contribution >= 0.6 is 22.7 Å². The number of anilines is 2. The van der Waals surface area contributed by atoms with Gasteiger partial charge >= 0.3 is 0 Å². The van der Waals surface area contributed by atoms with Crippen LogP contribution < -0.4 is 11.1 Å². The van der Waals surface area contributed by atoms with Gasteiger partial charge in [-0.05, 0) is 38.1 Å². The fraction of sp³-hybridized carbons (Fsp3) is 0.214. The molecule has 0 fully saturated rings. The van der Waals surface area contributed by atoms with Crippen molar-refractivity contribution in [2.75, 3.05) is 11.1 Å². The molecule has 0 aliphatic carbocycles. The number of thiazole rings is 1. The van der Waals surface area contributed by atoms with Crippen molar-refractivity contribution < 1.29 is 0 Å². The van der Waals surface area contributed by atoms with Crippen molar-refractivity contribution in [1.82, 2.24) is 4.98 Å². The molecule has 0 spiro atoms. The van der Waals surface area contributed by atoms with Crippen LogP contribution in [0.1, 0.15) is 22.7 Å². The highest BCUT2D eigenvalue weighted by Gasteiger charge is 2.11. The van der Waals surface area contributed by atoms with Crippen molar-refractivity contribution in [3.05, 3.63) is 39.5 Å². The number of hydrogen-bond acceptors (Lipinski definition) is 5. The van der Waals surface area contributed by atoms with Crippen LogP contribution in [-0.4, -0.2) is 4.98 Å². The lowest BCUT2D eigenvalue weighted by atomic mass is 10.2. The number of thiophene rings is 1. The normalized spacial score (nSPS) is 12.7. The van der Waals surface area contributed by atoms with E-state index in [1.807, 2.05) is 22.9 Å². The molecular weight excluding hydrogens is 274 g/mol. The quantitative estimate of drug-likeness (QED) is 0.702. The van der Waals surface area contributed by atoms with Gasteiger partial charge in [0.15, 0.2) is 0 Å². The topological polar surface area (TPSA) is 50.9 Å². The summed E-state index contributed by atoms with van der Waals surface area (Å²) in [6.07, 6.45) is 0. The molecule has 1 atom stereocenters. The maximum Gasteiger partial charge on any atom is 0.106 e. The summed E-state index contributed by atoms with van der Waals surface area (Å²) in [5, 5.41) is 3.47. The van der Waals surface area contributed by atoms with E-state index in [9.17, 15) is 0 Å². The lowest BCUT2D eigenvalue weighted by molar-refractivity contribution is 0.909. The lowest BCUT2D eigenvalue weighted by Gasteiger charge is -2.15. The molecule has 3 rings (SSSR count). The minimum Gasteiger partial charge on any atom is -0.395 e. The number of nitrogens with zero attached hydrogens (tertiary/aromatic N) is 1. The molecular formula is C14H15N3S2. The fourth-order valence-electron chi connectivity index (χ4n) is 2.07. The SMILES string of the molecule is Cc1ccc(C(C)Nc2ccc3scnc3c2N)s1. The maximum absolute atomic E-state index is 6.18. The Morgan fingerprint density at radius 2 is 2.11 bits per heavy atom. The van der Waals surface area contributed by atoms with Gasteiger partial charge in [0.2, 0.25) is 0 Å². The number of aryl methyl sites for hydroxylation is 1. The number of nitrogens with two attached hydrogens (primary N) is 1. The smallest absolute Gasteiger partial charge is 0.106 e. The minimum atomic E-state index is 0.247. The molecule has 2 aromatic heterocycles. The molecule has 0 radical (unpaired) electrons. The van der Waals surface area contributed by atoms with Gasteiger partial charge < -0.3 is 11.1 Å². The van der Waals surface area contributed by atoms with Gasteiger partial charge in [-0.1, -0.05) is 0 Å². The summed E-state index contributed by atoms with van der Waals surface area (Å²) in [4.78, 5) is 6.96. The van der Waals surface area contributed by atoms with E-state index in [4.69, 9.17) is 5.73 Å². The van der Waals surface area contributed by atoms with Gasteiger partial charge in [0.05, 0.1) is 27.6 Å². The van der Waals surface area contributed by atoms with Gasteiger partial charge in [0.25, 0.3) is 0 Å². The molecule has 1 aromatic carbocycles. The molecule has 1 unspecified atom stereocenters. The average molecular weight is 289 g/mol. The molecule has 98 valence electrons. The molecule has 3 aromatic rings. The van der Waals surface area contributed by atoms with Gasteiger partial charge in [-0.25, -0.2) is 4.98 Å². The Morgan fingerprint density at radius 3 is 2.84 bits per heavy atom. The molecule has 0 aliphatic heterocycles. The van der Waals surface area contributed by atoms with Gasteiger partial charge in [0, 0.05) is 9.75 Å². The summed E-state index contributed by atoms with van der Waals surface area (Å²) < 4.78 is 1.13. The standard InChI is InChI=1S/C14H15N3S2/c1-8-3-5-11(19-8)9(2)17-10-4-6-12-14(13(10)15)16-7-18-12/h3-7,9,17H,15H2,1-2H3. The highest BCUT2D eigenvalue weighted by Crippen LogP contribution is 2.33. The lowest BCUT2D eigenvalue weighted by Crippen LogP contribution is -2.07. The summed E-state index contributed by atoms with van der Waals surface area (Å²) in [6.45, 7) is 4.27. The molecule has 0 amide bonds. The Kier molecular flexibility index (Phi) is 3.16. The first-order chi connectivity index (χ1) is 9.15. The van der Waals surface area contributed by atoms with Crippen molar-refractivity contribution in [2.45, 2.75) is 19.9 Å². The van der Waals surface area contributed by atoms with Crippen LogP contribution in [0, 0.1) is 6.92 Å². The predicted octanol–water partition coefficient (Wildman–Crippen LogP) is 4.42. The van der Waals surface area contributed by atoms with Crippen molar-refractivity contribution >= 4 is 44.3 Å². The zero-order valence-corrected chi connectivity index (χ0v) is 12.4. The summed E-state index contributed by atoms with van der Waals surface area (Å²) >= 11 is 3.42. The Morgan fingerprint density at radius 1 is 1.26 bits per heavy atom. The molecule has 0 saturated heterocycles. The van der Waals surface area contributed by atoms with Crippen LogP contribution in [0.5, 0.6) is 0 Å². The monoisotopic (exact) mass is 289 g/mol. The highest BCUT2D eigenvalue weighted by atomic mass is 32.1. The Labute approximate surface area is 120 Å². The number of nitrogens with one attached hydrogen (secondary N) is 1. The first-order valence-electron chi connectivity index (χ1n) is 6.09. The van der Waals surface area contributed by atoms with Gasteiger partial charge in [0.1, 0.15) is 5.52 Å². The largest absolute Gasteiger partial charge is 0.395 e. The van der Waals surface area contributed by atoms with Crippen molar-refractivity contribution in [2.24, 2.45) is 0 Å². The molecule has 0 aliphatic rings. The number of hydrogen-bond donors (Lipinski definition) is 2. The van der Waals surface area contributed by atoms with Crippen LogP contribution in [0.3, 0.4) is 0 Å². The third kappa shape index (κ3) is 2.31. The summed E-state index contributed by atoms with van der Waals surface area (Å²) in [5.41, 5.74) is 10.6. The molecule has 2 heterocycles. The average Bonchev–Trinajstić information content (AvgIpc) is 3.01. The molecule has 19 heavy (non-hydrogen) atoms. The number of rotatable bonds is 3. The van der Waals surface area contributed by atoms with E-state index in [1.165, 1.54) is 9.75 Å². The number of nitrogen functional groups attached to an aromatic ring is 1. The minimum absolute atomic E-state index is 0.247. The second kappa shape index (κ2) is 4.83. The van der Waals surface area contributed by atoms with Crippen LogP contribution in [0.15, 0.2) is 29.8 Å². The van der Waals surface area contributed by atoms with Crippen molar-refractivity contribution in [3.63, 3.8) is 0 Å². The van der Waals surface area contributed by atoms with Crippen molar-refractivity contribution in [3.8, 4) is 0 Å². The number of fused-ring (bicyclic) bond motifs is 1. The molecule has 3 N–H and O–H groups in total. The second-order valence-electron chi connectivity index (χ2n) is 4.54. The van der Waals surface area contributed by atoms with E-state index in [1.54, 1.807) is 11.3 Å². The molecule has 0 saturated carbocycles.